The van der Waals surface area contributed by atoms with Gasteiger partial charge in [-0.1, -0.05) is 6.07 Å². The number of esters is 1. The molecule has 1 N–H and O–H groups in total. The van der Waals surface area contributed by atoms with Gasteiger partial charge < -0.3 is 19.1 Å². The standard InChI is InChI=1S/C22H29N3O4/c1-3-24-12-18(23-14-24)13-25-10-16-8-20(26)21(9-17(16)11-25)29-19-6-4-5-15(7-19)22(27)28-2/h4-7,12,14,16-17,20-21,26H,3,8-11,13H2,1-2H3/t16-,17+,20+,21+/m0/s1. The molecule has 7 nitrogen and oxygen atoms in total. The summed E-state index contributed by atoms with van der Waals surface area (Å²) in [7, 11) is 1.36. The molecule has 1 aliphatic carbocycles. The van der Waals surface area contributed by atoms with Gasteiger partial charge in [0.05, 0.1) is 30.8 Å². The molecular weight excluding hydrogens is 370 g/mol. The fourth-order valence-corrected chi connectivity index (χ4v) is 4.62. The Morgan fingerprint density at radius 2 is 2.07 bits per heavy atom. The highest BCUT2D eigenvalue weighted by molar-refractivity contribution is 5.89. The summed E-state index contributed by atoms with van der Waals surface area (Å²) in [5, 5.41) is 10.7. The molecule has 156 valence electrons. The third-order valence-electron chi connectivity index (χ3n) is 6.14. The molecule has 4 rings (SSSR count). The van der Waals surface area contributed by atoms with Crippen LogP contribution in [0.25, 0.3) is 0 Å². The average molecular weight is 399 g/mol. The molecule has 0 unspecified atom stereocenters. The number of aliphatic hydroxyl groups excluding tert-OH is 1. The van der Waals surface area contributed by atoms with Gasteiger partial charge in [0.15, 0.2) is 0 Å². The van der Waals surface area contributed by atoms with Crippen LogP contribution in [0.15, 0.2) is 36.8 Å². The van der Waals surface area contributed by atoms with Gasteiger partial charge in [0.25, 0.3) is 0 Å². The van der Waals surface area contributed by atoms with Gasteiger partial charge >= 0.3 is 5.97 Å². The molecule has 1 saturated heterocycles. The maximum Gasteiger partial charge on any atom is 0.337 e. The number of hydrogen-bond donors (Lipinski definition) is 1. The number of aliphatic hydroxyl groups is 1. The number of hydrogen-bond acceptors (Lipinski definition) is 6. The van der Waals surface area contributed by atoms with Crippen molar-refractivity contribution in [1.29, 1.82) is 0 Å². The molecule has 1 aromatic carbocycles. The van der Waals surface area contributed by atoms with E-state index in [0.717, 1.165) is 44.7 Å². The molecule has 0 radical (unpaired) electrons. The van der Waals surface area contributed by atoms with Crippen LogP contribution in [0.1, 0.15) is 35.8 Å². The first-order valence-corrected chi connectivity index (χ1v) is 10.3. The first-order chi connectivity index (χ1) is 14.1. The van der Waals surface area contributed by atoms with Crippen molar-refractivity contribution in [3.8, 4) is 5.75 Å². The number of carbonyl (C=O) groups excluding carboxylic acids is 1. The highest BCUT2D eigenvalue weighted by Crippen LogP contribution is 2.38. The van der Waals surface area contributed by atoms with E-state index >= 15 is 0 Å². The van der Waals surface area contributed by atoms with Crippen molar-refractivity contribution < 1.29 is 19.4 Å². The molecule has 2 fully saturated rings. The number of aromatic nitrogens is 2. The SMILES string of the molecule is CCn1cnc(CN2C[C@H]3C[C@@H](Oc4cccc(C(=O)OC)c4)[C@H](O)C[C@H]3C2)c1. The van der Waals surface area contributed by atoms with E-state index in [1.807, 2.05) is 12.4 Å². The maximum atomic E-state index is 11.7. The Morgan fingerprint density at radius 3 is 2.79 bits per heavy atom. The molecule has 1 saturated carbocycles. The summed E-state index contributed by atoms with van der Waals surface area (Å²) in [6, 6.07) is 6.96. The van der Waals surface area contributed by atoms with Crippen molar-refractivity contribution in [3.05, 3.63) is 48.0 Å². The number of likely N-dealkylation sites (tertiary alicyclic amines) is 1. The van der Waals surface area contributed by atoms with Crippen LogP contribution in [0, 0.1) is 11.8 Å². The quantitative estimate of drug-likeness (QED) is 0.752. The van der Waals surface area contributed by atoms with Crippen molar-refractivity contribution in [1.82, 2.24) is 14.5 Å². The Balaban J connectivity index is 1.37. The van der Waals surface area contributed by atoms with E-state index in [9.17, 15) is 9.90 Å². The predicted octanol–water partition coefficient (Wildman–Crippen LogP) is 2.34. The van der Waals surface area contributed by atoms with E-state index in [1.165, 1.54) is 7.11 Å². The highest BCUT2D eigenvalue weighted by atomic mass is 16.5. The van der Waals surface area contributed by atoms with Crippen LogP contribution >= 0.6 is 0 Å². The van der Waals surface area contributed by atoms with Crippen LogP contribution in [0.2, 0.25) is 0 Å². The second-order valence-electron chi connectivity index (χ2n) is 8.12. The van der Waals surface area contributed by atoms with Gasteiger partial charge in [-0.3, -0.25) is 4.90 Å². The number of benzene rings is 1. The summed E-state index contributed by atoms with van der Waals surface area (Å²) >= 11 is 0. The summed E-state index contributed by atoms with van der Waals surface area (Å²) in [6.45, 7) is 5.88. The van der Waals surface area contributed by atoms with Crippen LogP contribution in [-0.2, 0) is 17.8 Å². The molecule has 1 aromatic heterocycles. The van der Waals surface area contributed by atoms with Crippen LogP contribution < -0.4 is 4.74 Å². The van der Waals surface area contributed by atoms with Gasteiger partial charge in [0.2, 0.25) is 0 Å². The zero-order valence-electron chi connectivity index (χ0n) is 17.0. The molecule has 2 heterocycles. The second-order valence-corrected chi connectivity index (χ2v) is 8.12. The van der Waals surface area contributed by atoms with Crippen molar-refractivity contribution in [2.45, 2.75) is 45.1 Å². The maximum absolute atomic E-state index is 11.7. The Morgan fingerprint density at radius 1 is 1.28 bits per heavy atom. The topological polar surface area (TPSA) is 76.8 Å². The van der Waals surface area contributed by atoms with Gasteiger partial charge in [0, 0.05) is 32.4 Å². The molecule has 0 bridgehead atoms. The van der Waals surface area contributed by atoms with Gasteiger partial charge in [-0.15, -0.1) is 0 Å². The lowest BCUT2D eigenvalue weighted by Crippen LogP contribution is -2.42. The number of carbonyl (C=O) groups is 1. The molecular formula is C22H29N3O4. The molecule has 2 aromatic rings. The molecule has 4 atom stereocenters. The van der Waals surface area contributed by atoms with E-state index < -0.39 is 12.1 Å². The Hall–Kier alpha value is -2.38. The minimum absolute atomic E-state index is 0.261. The smallest absolute Gasteiger partial charge is 0.337 e. The summed E-state index contributed by atoms with van der Waals surface area (Å²) in [5.41, 5.74) is 1.55. The lowest BCUT2D eigenvalue weighted by atomic mass is 9.78. The Bertz CT molecular complexity index is 852. The van der Waals surface area contributed by atoms with Gasteiger partial charge in [-0.2, -0.15) is 0 Å². The fraction of sp³-hybridized carbons (Fsp3) is 0.545. The number of ether oxygens (including phenoxy) is 2. The van der Waals surface area contributed by atoms with E-state index in [0.29, 0.717) is 23.1 Å². The summed E-state index contributed by atoms with van der Waals surface area (Å²) in [5.74, 6) is 1.19. The number of imidazole rings is 1. The van der Waals surface area contributed by atoms with Crippen LogP contribution in [0.5, 0.6) is 5.75 Å². The minimum atomic E-state index is -0.503. The molecule has 7 heteroatoms. The van der Waals surface area contributed by atoms with E-state index in [4.69, 9.17) is 9.47 Å². The minimum Gasteiger partial charge on any atom is -0.488 e. The molecule has 29 heavy (non-hydrogen) atoms. The largest absolute Gasteiger partial charge is 0.488 e. The third-order valence-corrected chi connectivity index (χ3v) is 6.14. The van der Waals surface area contributed by atoms with Crippen LogP contribution in [0.4, 0.5) is 0 Å². The zero-order chi connectivity index (χ0) is 20.4. The van der Waals surface area contributed by atoms with Crippen molar-refractivity contribution >= 4 is 5.97 Å². The molecule has 2 aliphatic rings. The van der Waals surface area contributed by atoms with Gasteiger partial charge in [-0.25, -0.2) is 9.78 Å². The lowest BCUT2D eigenvalue weighted by molar-refractivity contribution is -0.0231. The van der Waals surface area contributed by atoms with Gasteiger partial charge in [0.1, 0.15) is 11.9 Å². The first-order valence-electron chi connectivity index (χ1n) is 10.3. The Labute approximate surface area is 171 Å². The number of nitrogens with zero attached hydrogens (tertiary/aromatic N) is 3. The predicted molar refractivity (Wildman–Crippen MR) is 108 cm³/mol. The van der Waals surface area contributed by atoms with Crippen LogP contribution in [0.3, 0.4) is 0 Å². The number of rotatable bonds is 6. The normalized spacial score (nSPS) is 26.9. The van der Waals surface area contributed by atoms with Crippen molar-refractivity contribution in [2.75, 3.05) is 20.2 Å². The monoisotopic (exact) mass is 399 g/mol. The fourth-order valence-electron chi connectivity index (χ4n) is 4.62. The molecule has 0 amide bonds. The highest BCUT2D eigenvalue weighted by Gasteiger charge is 2.42. The Kier molecular flexibility index (Phi) is 5.87. The average Bonchev–Trinajstić information content (AvgIpc) is 3.34. The van der Waals surface area contributed by atoms with Gasteiger partial charge in [-0.05, 0) is 49.8 Å². The van der Waals surface area contributed by atoms with Crippen molar-refractivity contribution in [2.24, 2.45) is 11.8 Å². The summed E-state index contributed by atoms with van der Waals surface area (Å²) < 4.78 is 13.0. The first kappa shape index (κ1) is 19.9. The summed E-state index contributed by atoms with van der Waals surface area (Å²) in [4.78, 5) is 18.7. The van der Waals surface area contributed by atoms with Crippen LogP contribution in [-0.4, -0.2) is 57.9 Å². The third kappa shape index (κ3) is 4.46. The number of fused-ring (bicyclic) bond motifs is 1. The number of methoxy groups -OCH3 is 1. The van der Waals surface area contributed by atoms with E-state index in [1.54, 1.807) is 18.2 Å². The second kappa shape index (κ2) is 8.55. The zero-order valence-corrected chi connectivity index (χ0v) is 17.0. The lowest BCUT2D eigenvalue weighted by Gasteiger charge is -2.35. The molecule has 0 spiro atoms. The summed E-state index contributed by atoms with van der Waals surface area (Å²) in [6.07, 6.45) is 4.78. The van der Waals surface area contributed by atoms with E-state index in [2.05, 4.69) is 27.6 Å². The number of aryl methyl sites for hydroxylation is 1. The molecule has 1 aliphatic heterocycles. The van der Waals surface area contributed by atoms with Crippen molar-refractivity contribution in [3.63, 3.8) is 0 Å². The van der Waals surface area contributed by atoms with E-state index in [-0.39, 0.29) is 6.10 Å².